The summed E-state index contributed by atoms with van der Waals surface area (Å²) in [4.78, 5) is 14.7. The molecule has 0 aromatic rings. The number of ether oxygens (including phenoxy) is 1. The lowest BCUT2D eigenvalue weighted by molar-refractivity contribution is 0.0509. The van der Waals surface area contributed by atoms with Gasteiger partial charge in [-0.1, -0.05) is 0 Å². The summed E-state index contributed by atoms with van der Waals surface area (Å²) in [5.74, 6) is 0.455. The first kappa shape index (κ1) is 11.8. The normalized spacial score (nSPS) is 24.9. The van der Waals surface area contributed by atoms with E-state index in [0.717, 1.165) is 12.8 Å². The lowest BCUT2D eigenvalue weighted by Gasteiger charge is -2.27. The predicted molar refractivity (Wildman–Crippen MR) is 57.4 cm³/mol. The van der Waals surface area contributed by atoms with E-state index in [4.69, 9.17) is 11.3 Å². The highest BCUT2D eigenvalue weighted by molar-refractivity contribution is 5.67. The molecule has 1 aliphatic carbocycles. The Hall–Kier alpha value is -1.24. The van der Waals surface area contributed by atoms with Crippen LogP contribution >= 0.6 is 0 Å². The van der Waals surface area contributed by atoms with E-state index in [-0.39, 0.29) is 12.1 Å². The highest BCUT2D eigenvalue weighted by atomic mass is 16.6. The van der Waals surface area contributed by atoms with E-state index in [0.29, 0.717) is 12.5 Å². The van der Waals surface area contributed by atoms with E-state index in [1.54, 1.807) is 0 Å². The van der Waals surface area contributed by atoms with Crippen LogP contribution in [0.3, 0.4) is 0 Å². The van der Waals surface area contributed by atoms with Crippen LogP contribution in [0.25, 0.3) is 4.85 Å². The standard InChI is InChI=1S/C11H18N2O2/c1-11(2,3)15-10(14)13-7-8-5-9(6-8)12-4/h8-9H,5-7H2,1-3H3,(H,13,14). The SMILES string of the molecule is [C-]#[N+]C1CC(CNC(=O)OC(C)(C)C)C1. The quantitative estimate of drug-likeness (QED) is 0.710. The van der Waals surface area contributed by atoms with E-state index in [2.05, 4.69) is 10.2 Å². The van der Waals surface area contributed by atoms with Crippen LogP contribution in [-0.4, -0.2) is 24.3 Å². The van der Waals surface area contributed by atoms with E-state index >= 15 is 0 Å². The van der Waals surface area contributed by atoms with Gasteiger partial charge in [-0.05, 0) is 26.7 Å². The summed E-state index contributed by atoms with van der Waals surface area (Å²) in [6.07, 6.45) is 1.44. The lowest BCUT2D eigenvalue weighted by atomic mass is 9.81. The molecule has 0 aromatic heterocycles. The molecule has 84 valence electrons. The number of hydrogen-bond donors (Lipinski definition) is 1. The van der Waals surface area contributed by atoms with Crippen molar-refractivity contribution in [1.29, 1.82) is 0 Å². The molecule has 0 aromatic carbocycles. The third kappa shape index (κ3) is 4.20. The number of hydrogen-bond acceptors (Lipinski definition) is 2. The zero-order chi connectivity index (χ0) is 11.5. The summed E-state index contributed by atoms with van der Waals surface area (Å²) in [6.45, 7) is 12.9. The molecule has 4 heteroatoms. The molecule has 1 rings (SSSR count). The molecule has 0 radical (unpaired) electrons. The molecule has 1 fully saturated rings. The van der Waals surface area contributed by atoms with Crippen LogP contribution in [-0.2, 0) is 4.74 Å². The third-order valence-electron chi connectivity index (χ3n) is 2.33. The Kier molecular flexibility index (Phi) is 3.57. The largest absolute Gasteiger partial charge is 0.444 e. The number of alkyl carbamates (subject to hydrolysis) is 1. The Bertz CT molecular complexity index is 269. The minimum Gasteiger partial charge on any atom is -0.444 e. The van der Waals surface area contributed by atoms with E-state index in [1.807, 2.05) is 20.8 Å². The second-order valence-corrected chi connectivity index (χ2v) is 5.00. The van der Waals surface area contributed by atoms with Crippen LogP contribution in [0, 0.1) is 12.5 Å². The molecule has 0 atom stereocenters. The Balaban J connectivity index is 2.12. The van der Waals surface area contributed by atoms with Gasteiger partial charge in [0, 0.05) is 19.4 Å². The minimum atomic E-state index is -0.442. The van der Waals surface area contributed by atoms with Gasteiger partial charge in [-0.15, -0.1) is 0 Å². The second-order valence-electron chi connectivity index (χ2n) is 5.00. The smallest absolute Gasteiger partial charge is 0.407 e. The Labute approximate surface area is 90.8 Å². The monoisotopic (exact) mass is 210 g/mol. The molecule has 0 aliphatic heterocycles. The van der Waals surface area contributed by atoms with Crippen molar-refractivity contribution in [2.24, 2.45) is 5.92 Å². The average molecular weight is 210 g/mol. The van der Waals surface area contributed by atoms with Crippen molar-refractivity contribution in [3.8, 4) is 0 Å². The number of nitrogens with one attached hydrogen (secondary N) is 1. The first-order valence-electron chi connectivity index (χ1n) is 5.24. The van der Waals surface area contributed by atoms with Gasteiger partial charge in [0.25, 0.3) is 0 Å². The van der Waals surface area contributed by atoms with Crippen LogP contribution in [0.1, 0.15) is 33.6 Å². The average Bonchev–Trinajstić information content (AvgIpc) is 1.98. The molecular weight excluding hydrogens is 192 g/mol. The van der Waals surface area contributed by atoms with Crippen molar-refractivity contribution in [3.63, 3.8) is 0 Å². The molecule has 15 heavy (non-hydrogen) atoms. The first-order chi connectivity index (χ1) is 6.90. The molecule has 0 heterocycles. The summed E-state index contributed by atoms with van der Waals surface area (Å²) in [6, 6.07) is 0.176. The molecule has 0 unspecified atom stereocenters. The van der Waals surface area contributed by atoms with Gasteiger partial charge in [0.1, 0.15) is 5.60 Å². The van der Waals surface area contributed by atoms with Crippen LogP contribution in [0.15, 0.2) is 0 Å². The molecule has 1 amide bonds. The fourth-order valence-corrected chi connectivity index (χ4v) is 1.51. The van der Waals surface area contributed by atoms with Crippen LogP contribution in [0.4, 0.5) is 4.79 Å². The van der Waals surface area contributed by atoms with E-state index in [9.17, 15) is 4.79 Å². The van der Waals surface area contributed by atoms with Gasteiger partial charge in [0.05, 0.1) is 0 Å². The third-order valence-corrected chi connectivity index (χ3v) is 2.33. The topological polar surface area (TPSA) is 42.7 Å². The van der Waals surface area contributed by atoms with Crippen LogP contribution < -0.4 is 5.32 Å². The van der Waals surface area contributed by atoms with Gasteiger partial charge in [0.15, 0.2) is 0 Å². The molecule has 0 bridgehead atoms. The zero-order valence-electron chi connectivity index (χ0n) is 9.54. The Morgan fingerprint density at radius 1 is 1.53 bits per heavy atom. The number of rotatable bonds is 2. The molecule has 0 saturated heterocycles. The number of nitrogens with zero attached hydrogens (tertiary/aromatic N) is 1. The highest BCUT2D eigenvalue weighted by Gasteiger charge is 2.34. The molecule has 1 N–H and O–H groups in total. The molecule has 1 saturated carbocycles. The lowest BCUT2D eigenvalue weighted by Crippen LogP contribution is -2.39. The van der Waals surface area contributed by atoms with Gasteiger partial charge >= 0.3 is 6.09 Å². The van der Waals surface area contributed by atoms with Crippen molar-refractivity contribution in [2.75, 3.05) is 6.54 Å². The van der Waals surface area contributed by atoms with E-state index < -0.39 is 5.60 Å². The summed E-state index contributed by atoms with van der Waals surface area (Å²) >= 11 is 0. The van der Waals surface area contributed by atoms with Crippen LogP contribution in [0.2, 0.25) is 0 Å². The van der Waals surface area contributed by atoms with Crippen molar-refractivity contribution in [2.45, 2.75) is 45.3 Å². The summed E-state index contributed by atoms with van der Waals surface area (Å²) in [5, 5.41) is 2.72. The van der Waals surface area contributed by atoms with Crippen LogP contribution in [0.5, 0.6) is 0 Å². The van der Waals surface area contributed by atoms with Gasteiger partial charge in [-0.25, -0.2) is 11.4 Å². The second kappa shape index (κ2) is 4.52. The Morgan fingerprint density at radius 2 is 2.13 bits per heavy atom. The van der Waals surface area contributed by atoms with E-state index in [1.165, 1.54) is 0 Å². The van der Waals surface area contributed by atoms with Gasteiger partial charge in [0.2, 0.25) is 6.04 Å². The Morgan fingerprint density at radius 3 is 2.60 bits per heavy atom. The van der Waals surface area contributed by atoms with Gasteiger partial charge in [-0.3, -0.25) is 0 Å². The maximum Gasteiger partial charge on any atom is 0.407 e. The number of carbonyl (C=O) groups excluding carboxylic acids is 1. The predicted octanol–water partition coefficient (Wildman–Crippen LogP) is 2.21. The summed E-state index contributed by atoms with van der Waals surface area (Å²) < 4.78 is 5.10. The minimum absolute atomic E-state index is 0.176. The van der Waals surface area contributed by atoms with Gasteiger partial charge in [-0.2, -0.15) is 0 Å². The number of amides is 1. The van der Waals surface area contributed by atoms with Crippen molar-refractivity contribution >= 4 is 6.09 Å². The fraction of sp³-hybridized carbons (Fsp3) is 0.818. The maximum absolute atomic E-state index is 11.3. The number of carbonyl (C=O) groups is 1. The molecule has 0 spiro atoms. The highest BCUT2D eigenvalue weighted by Crippen LogP contribution is 2.29. The molecule has 4 nitrogen and oxygen atoms in total. The fourth-order valence-electron chi connectivity index (χ4n) is 1.51. The van der Waals surface area contributed by atoms with Crippen molar-refractivity contribution < 1.29 is 9.53 Å². The van der Waals surface area contributed by atoms with Crippen molar-refractivity contribution in [1.82, 2.24) is 5.32 Å². The molecule has 1 aliphatic rings. The van der Waals surface area contributed by atoms with Crippen molar-refractivity contribution in [3.05, 3.63) is 11.4 Å². The first-order valence-corrected chi connectivity index (χ1v) is 5.24. The summed E-state index contributed by atoms with van der Waals surface area (Å²) in [5.41, 5.74) is -0.442. The van der Waals surface area contributed by atoms with Gasteiger partial charge < -0.3 is 14.9 Å². The maximum atomic E-state index is 11.3. The summed E-state index contributed by atoms with van der Waals surface area (Å²) in [7, 11) is 0. The molecular formula is C11H18N2O2. The zero-order valence-corrected chi connectivity index (χ0v) is 9.54.